The third-order valence-electron chi connectivity index (χ3n) is 4.51. The van der Waals surface area contributed by atoms with Crippen LogP contribution in [0.2, 0.25) is 0 Å². The third-order valence-corrected chi connectivity index (χ3v) is 4.51. The van der Waals surface area contributed by atoms with E-state index in [2.05, 4.69) is 23.7 Å². The number of nitrogens with one attached hydrogen (secondary N) is 1. The number of hydrogen-bond donors (Lipinski definition) is 1. The molecule has 2 fully saturated rings. The molecule has 0 bridgehead atoms. The quantitative estimate of drug-likeness (QED) is 0.777. The first-order valence-corrected chi connectivity index (χ1v) is 8.03. The third kappa shape index (κ3) is 3.61. The van der Waals surface area contributed by atoms with Crippen molar-refractivity contribution in [3.05, 3.63) is 12.2 Å². The molecule has 2 rings (SSSR count). The average molecular weight is 279 g/mol. The number of nitrogens with zero attached hydrogens (tertiary/aromatic N) is 2. The van der Waals surface area contributed by atoms with E-state index in [-0.39, 0.29) is 6.04 Å². The summed E-state index contributed by atoms with van der Waals surface area (Å²) in [6, 6.07) is 0.702. The molecule has 0 radical (unpaired) electrons. The molecule has 0 aliphatic carbocycles. The van der Waals surface area contributed by atoms with Gasteiger partial charge in [0.15, 0.2) is 0 Å². The summed E-state index contributed by atoms with van der Waals surface area (Å²) in [5.74, 6) is 0.312. The lowest BCUT2D eigenvalue weighted by Crippen LogP contribution is -2.51. The molecule has 1 atom stereocenters. The Morgan fingerprint density at radius 1 is 1.35 bits per heavy atom. The van der Waals surface area contributed by atoms with Crippen molar-refractivity contribution in [3.8, 4) is 0 Å². The Bertz CT molecular complexity index is 350. The van der Waals surface area contributed by atoms with E-state index in [4.69, 9.17) is 0 Å². The smallest absolute Gasteiger partial charge is 0.240 e. The van der Waals surface area contributed by atoms with E-state index in [1.54, 1.807) is 0 Å². The fourth-order valence-electron chi connectivity index (χ4n) is 3.51. The van der Waals surface area contributed by atoms with Crippen LogP contribution in [0.5, 0.6) is 0 Å². The normalized spacial score (nSPS) is 24.8. The van der Waals surface area contributed by atoms with Crippen LogP contribution < -0.4 is 5.32 Å². The topological polar surface area (TPSA) is 35.6 Å². The average Bonchev–Trinajstić information content (AvgIpc) is 2.94. The van der Waals surface area contributed by atoms with Crippen LogP contribution in [0.3, 0.4) is 0 Å². The number of piperidine rings is 1. The van der Waals surface area contributed by atoms with Crippen molar-refractivity contribution in [1.82, 2.24) is 15.1 Å². The number of rotatable bonds is 5. The largest absolute Gasteiger partial charge is 0.338 e. The zero-order valence-corrected chi connectivity index (χ0v) is 13.0. The fraction of sp³-hybridized carbons (Fsp3) is 0.812. The zero-order valence-electron chi connectivity index (χ0n) is 13.0. The Balaban J connectivity index is 2.01. The molecule has 2 aliphatic heterocycles. The van der Waals surface area contributed by atoms with Crippen molar-refractivity contribution in [2.24, 2.45) is 0 Å². The van der Waals surface area contributed by atoms with E-state index in [9.17, 15) is 4.79 Å². The van der Waals surface area contributed by atoms with Crippen LogP contribution in [0.1, 0.15) is 39.5 Å². The highest BCUT2D eigenvalue weighted by Gasteiger charge is 2.37. The lowest BCUT2D eigenvalue weighted by molar-refractivity contribution is -0.136. The molecule has 2 saturated heterocycles. The van der Waals surface area contributed by atoms with Crippen LogP contribution in [0, 0.1) is 0 Å². The van der Waals surface area contributed by atoms with Gasteiger partial charge in [0, 0.05) is 19.1 Å². The lowest BCUT2D eigenvalue weighted by atomic mass is 10.0. The van der Waals surface area contributed by atoms with Gasteiger partial charge in [-0.25, -0.2) is 0 Å². The van der Waals surface area contributed by atoms with E-state index < -0.39 is 0 Å². The van der Waals surface area contributed by atoms with Gasteiger partial charge in [-0.15, -0.1) is 0 Å². The van der Waals surface area contributed by atoms with Crippen molar-refractivity contribution in [3.63, 3.8) is 0 Å². The van der Waals surface area contributed by atoms with Crippen molar-refractivity contribution in [1.29, 1.82) is 0 Å². The molecule has 0 spiro atoms. The zero-order chi connectivity index (χ0) is 14.5. The number of likely N-dealkylation sites (N-methyl/N-ethyl adjacent to an activating group) is 1. The molecule has 0 aromatic carbocycles. The fourth-order valence-corrected chi connectivity index (χ4v) is 3.51. The van der Waals surface area contributed by atoms with Crippen LogP contribution in [0.4, 0.5) is 0 Å². The summed E-state index contributed by atoms with van der Waals surface area (Å²) in [6.45, 7) is 12.7. The summed E-state index contributed by atoms with van der Waals surface area (Å²) < 4.78 is 0. The molecule has 2 aliphatic rings. The molecule has 1 unspecified atom stereocenters. The van der Waals surface area contributed by atoms with Crippen LogP contribution in [-0.4, -0.2) is 60.5 Å². The van der Waals surface area contributed by atoms with Crippen molar-refractivity contribution in [2.75, 3.05) is 32.7 Å². The van der Waals surface area contributed by atoms with E-state index in [0.717, 1.165) is 44.6 Å². The van der Waals surface area contributed by atoms with Crippen molar-refractivity contribution >= 4 is 5.91 Å². The van der Waals surface area contributed by atoms with E-state index in [0.29, 0.717) is 18.5 Å². The molecule has 0 aromatic rings. The SMILES string of the molecule is C=C(C)CN(CC)C(=O)C1CCCN1C1CCNCC1. The van der Waals surface area contributed by atoms with E-state index in [1.807, 2.05) is 11.8 Å². The summed E-state index contributed by atoms with van der Waals surface area (Å²) in [6.07, 6.45) is 4.53. The van der Waals surface area contributed by atoms with Gasteiger partial charge >= 0.3 is 0 Å². The van der Waals surface area contributed by atoms with Crippen LogP contribution in [0.25, 0.3) is 0 Å². The highest BCUT2D eigenvalue weighted by molar-refractivity contribution is 5.82. The van der Waals surface area contributed by atoms with E-state index in [1.165, 1.54) is 12.8 Å². The Morgan fingerprint density at radius 2 is 2.05 bits per heavy atom. The predicted octanol–water partition coefficient (Wildman–Crippen LogP) is 1.63. The van der Waals surface area contributed by atoms with Gasteiger partial charge < -0.3 is 10.2 Å². The maximum absolute atomic E-state index is 12.8. The minimum atomic E-state index is 0.109. The van der Waals surface area contributed by atoms with Gasteiger partial charge in [0.25, 0.3) is 0 Å². The maximum Gasteiger partial charge on any atom is 0.240 e. The Morgan fingerprint density at radius 3 is 2.65 bits per heavy atom. The summed E-state index contributed by atoms with van der Waals surface area (Å²) in [5, 5.41) is 3.41. The van der Waals surface area contributed by atoms with Gasteiger partial charge in [-0.05, 0) is 59.2 Å². The lowest BCUT2D eigenvalue weighted by Gasteiger charge is -2.37. The summed E-state index contributed by atoms with van der Waals surface area (Å²) in [5.41, 5.74) is 1.06. The Labute approximate surface area is 123 Å². The first kappa shape index (κ1) is 15.5. The molecule has 20 heavy (non-hydrogen) atoms. The Hall–Kier alpha value is -0.870. The number of carbonyl (C=O) groups excluding carboxylic acids is 1. The molecule has 1 amide bonds. The molecule has 114 valence electrons. The summed E-state index contributed by atoms with van der Waals surface area (Å²) in [7, 11) is 0. The van der Waals surface area contributed by atoms with E-state index >= 15 is 0 Å². The van der Waals surface area contributed by atoms with Crippen LogP contribution in [-0.2, 0) is 4.79 Å². The van der Waals surface area contributed by atoms with Gasteiger partial charge in [0.1, 0.15) is 0 Å². The van der Waals surface area contributed by atoms with Gasteiger partial charge in [0.2, 0.25) is 5.91 Å². The molecule has 1 N–H and O–H groups in total. The van der Waals surface area contributed by atoms with Gasteiger partial charge in [-0.2, -0.15) is 0 Å². The van der Waals surface area contributed by atoms with Gasteiger partial charge in [-0.1, -0.05) is 12.2 Å². The second-order valence-corrected chi connectivity index (χ2v) is 6.19. The predicted molar refractivity (Wildman–Crippen MR) is 82.7 cm³/mol. The molecule has 2 heterocycles. The number of carbonyl (C=O) groups is 1. The van der Waals surface area contributed by atoms with Crippen LogP contribution >= 0.6 is 0 Å². The number of likely N-dealkylation sites (tertiary alicyclic amines) is 1. The molecule has 0 aromatic heterocycles. The second kappa shape index (κ2) is 7.23. The standard InChI is InChI=1S/C16H29N3O/c1-4-18(12-13(2)3)16(20)15-6-5-11-19(15)14-7-9-17-10-8-14/h14-15,17H,2,4-12H2,1,3H3. The second-order valence-electron chi connectivity index (χ2n) is 6.19. The minimum absolute atomic E-state index is 0.109. The summed E-state index contributed by atoms with van der Waals surface area (Å²) >= 11 is 0. The maximum atomic E-state index is 12.8. The van der Waals surface area contributed by atoms with Gasteiger partial charge in [-0.3, -0.25) is 9.69 Å². The highest BCUT2D eigenvalue weighted by Crippen LogP contribution is 2.25. The first-order valence-electron chi connectivity index (χ1n) is 8.03. The molecular weight excluding hydrogens is 250 g/mol. The monoisotopic (exact) mass is 279 g/mol. The Kier molecular flexibility index (Phi) is 5.61. The number of hydrogen-bond acceptors (Lipinski definition) is 3. The van der Waals surface area contributed by atoms with Gasteiger partial charge in [0.05, 0.1) is 6.04 Å². The molecular formula is C16H29N3O. The molecule has 4 nitrogen and oxygen atoms in total. The first-order chi connectivity index (χ1) is 9.63. The highest BCUT2D eigenvalue weighted by atomic mass is 16.2. The van der Waals surface area contributed by atoms with Crippen molar-refractivity contribution in [2.45, 2.75) is 51.6 Å². The summed E-state index contributed by atoms with van der Waals surface area (Å²) in [4.78, 5) is 17.2. The molecule has 4 heteroatoms. The van der Waals surface area contributed by atoms with Crippen LogP contribution in [0.15, 0.2) is 12.2 Å². The minimum Gasteiger partial charge on any atom is -0.338 e. The number of amides is 1. The van der Waals surface area contributed by atoms with Crippen molar-refractivity contribution < 1.29 is 4.79 Å². The molecule has 0 saturated carbocycles.